The minimum absolute atomic E-state index is 0.0754. The van der Waals surface area contributed by atoms with Gasteiger partial charge in [-0.2, -0.15) is 13.2 Å². The second kappa shape index (κ2) is 5.30. The van der Waals surface area contributed by atoms with Crippen molar-refractivity contribution in [2.75, 3.05) is 7.11 Å². The minimum atomic E-state index is -4.63. The third kappa shape index (κ3) is 5.47. The number of alkyl halides is 3. The van der Waals surface area contributed by atoms with Gasteiger partial charge in [-0.25, -0.2) is 0 Å². The lowest BCUT2D eigenvalue weighted by Crippen LogP contribution is -2.42. The van der Waals surface area contributed by atoms with E-state index in [0.29, 0.717) is 0 Å². The smallest absolute Gasteiger partial charge is 0.403 e. The van der Waals surface area contributed by atoms with E-state index >= 15 is 0 Å². The molecule has 92 valence electrons. The third-order valence-corrected chi connectivity index (χ3v) is 6.61. The van der Waals surface area contributed by atoms with Crippen LogP contribution >= 0.6 is 21.8 Å². The van der Waals surface area contributed by atoms with E-state index in [1.165, 1.54) is 7.11 Å². The van der Waals surface area contributed by atoms with Gasteiger partial charge in [-0.1, -0.05) is 0 Å². The Labute approximate surface area is 100 Å². The fourth-order valence-electron chi connectivity index (χ4n) is 0.894. The van der Waals surface area contributed by atoms with Gasteiger partial charge in [0.1, 0.15) is 0 Å². The molecule has 0 saturated carbocycles. The summed E-state index contributed by atoms with van der Waals surface area (Å²) in [6.07, 6.45) is -4.99. The predicted molar refractivity (Wildman–Crippen MR) is 59.7 cm³/mol. The zero-order valence-electron chi connectivity index (χ0n) is 8.44. The van der Waals surface area contributed by atoms with Gasteiger partial charge in [0, 0.05) is 13.2 Å². The van der Waals surface area contributed by atoms with Crippen molar-refractivity contribution in [3.05, 3.63) is 0 Å². The number of rotatable bonds is 5. The van der Waals surface area contributed by atoms with Crippen LogP contribution in [-0.2, 0) is 4.43 Å². The first-order chi connectivity index (χ1) is 6.52. The lowest BCUT2D eigenvalue weighted by Gasteiger charge is -2.26. The topological polar surface area (TPSA) is 49.7 Å². The van der Waals surface area contributed by atoms with Crippen LogP contribution in [0.1, 0.15) is 19.8 Å². The molecule has 0 spiro atoms. The molecule has 8 heteroatoms. The molecule has 2 atom stereocenters. The van der Waals surface area contributed by atoms with Crippen molar-refractivity contribution >= 4 is 27.9 Å². The summed E-state index contributed by atoms with van der Waals surface area (Å²) in [5, 5.41) is 9.09. The molecule has 0 aromatic carbocycles. The molecule has 0 aromatic rings. The highest BCUT2D eigenvalue weighted by atomic mass is 127. The molecule has 0 aliphatic rings. The van der Waals surface area contributed by atoms with Crippen LogP contribution in [0.15, 0.2) is 0 Å². The zero-order valence-corrected chi connectivity index (χ0v) is 11.6. The van der Waals surface area contributed by atoms with E-state index in [1.54, 1.807) is 21.8 Å². The van der Waals surface area contributed by atoms with Gasteiger partial charge >= 0.3 is 12.2 Å². The van der Waals surface area contributed by atoms with Crippen molar-refractivity contribution in [2.24, 2.45) is 0 Å². The van der Waals surface area contributed by atoms with Gasteiger partial charge < -0.3 is 14.3 Å². The maximum atomic E-state index is 12.2. The summed E-state index contributed by atoms with van der Waals surface area (Å²) in [5.74, 6) is 0. The molecule has 0 radical (unpaired) electrons. The average molecular weight is 358 g/mol. The maximum absolute atomic E-state index is 12.2. The first-order valence-corrected chi connectivity index (χ1v) is 9.45. The SMILES string of the molecule is CO[Si](O)(I)CCCC(C)(O)C(F)(F)F. The largest absolute Gasteiger partial charge is 0.416 e. The van der Waals surface area contributed by atoms with Crippen LogP contribution in [0.25, 0.3) is 0 Å². The Hall–Kier alpha value is 0.617. The normalized spacial score (nSPS) is 20.8. The summed E-state index contributed by atoms with van der Waals surface area (Å²) in [7, 11) is 1.32. The van der Waals surface area contributed by atoms with E-state index in [2.05, 4.69) is 0 Å². The molecule has 0 bridgehead atoms. The minimum Gasteiger partial charge on any atom is -0.403 e. The lowest BCUT2D eigenvalue weighted by molar-refractivity contribution is -0.255. The molecule has 3 nitrogen and oxygen atoms in total. The average Bonchev–Trinajstić information content (AvgIpc) is 2.01. The van der Waals surface area contributed by atoms with Gasteiger partial charge in [0.2, 0.25) is 0 Å². The van der Waals surface area contributed by atoms with Crippen LogP contribution in [0.2, 0.25) is 6.04 Å². The fraction of sp³-hybridized carbons (Fsp3) is 1.00. The molecular weight excluding hydrogens is 344 g/mol. The Kier molecular flexibility index (Phi) is 5.52. The van der Waals surface area contributed by atoms with Gasteiger partial charge in [-0.05, 0) is 41.6 Å². The summed E-state index contributed by atoms with van der Waals surface area (Å²) >= 11 is 1.72. The molecule has 15 heavy (non-hydrogen) atoms. The second-order valence-corrected chi connectivity index (χ2v) is 10.9. The Balaban J connectivity index is 4.07. The van der Waals surface area contributed by atoms with Crippen LogP contribution in [0, 0.1) is 0 Å². The summed E-state index contributed by atoms with van der Waals surface area (Å²) in [6.45, 7) is 0.730. The summed E-state index contributed by atoms with van der Waals surface area (Å²) in [4.78, 5) is 9.46. The molecule has 2 unspecified atom stereocenters. The molecule has 2 N–H and O–H groups in total. The molecular formula is C7H14F3IO3Si. The highest BCUT2D eigenvalue weighted by molar-refractivity contribution is 14.1. The van der Waals surface area contributed by atoms with Gasteiger partial charge in [0.15, 0.2) is 5.60 Å². The molecule has 0 saturated heterocycles. The number of hydrogen-bond acceptors (Lipinski definition) is 3. The first kappa shape index (κ1) is 15.6. The van der Waals surface area contributed by atoms with E-state index in [-0.39, 0.29) is 12.5 Å². The van der Waals surface area contributed by atoms with Gasteiger partial charge in [-0.3, -0.25) is 0 Å². The highest BCUT2D eigenvalue weighted by Gasteiger charge is 2.49. The van der Waals surface area contributed by atoms with E-state index < -0.39 is 24.3 Å². The molecule has 0 rings (SSSR count). The number of aliphatic hydroxyl groups is 1. The summed E-state index contributed by atoms with van der Waals surface area (Å²) in [5.41, 5.74) is -2.69. The fourth-order valence-corrected chi connectivity index (χ4v) is 2.86. The van der Waals surface area contributed by atoms with Crippen LogP contribution < -0.4 is 0 Å². The van der Waals surface area contributed by atoms with Crippen molar-refractivity contribution in [3.63, 3.8) is 0 Å². The van der Waals surface area contributed by atoms with Crippen molar-refractivity contribution in [1.82, 2.24) is 0 Å². The first-order valence-electron chi connectivity index (χ1n) is 4.27. The van der Waals surface area contributed by atoms with E-state index in [0.717, 1.165) is 6.92 Å². The maximum Gasteiger partial charge on any atom is 0.416 e. The van der Waals surface area contributed by atoms with Crippen LogP contribution in [0.3, 0.4) is 0 Å². The third-order valence-electron chi connectivity index (χ3n) is 2.07. The van der Waals surface area contributed by atoms with E-state index in [1.807, 2.05) is 0 Å². The molecule has 0 aliphatic heterocycles. The number of hydrogen-bond donors (Lipinski definition) is 2. The van der Waals surface area contributed by atoms with Crippen LogP contribution in [-0.4, -0.2) is 34.8 Å². The monoisotopic (exact) mass is 358 g/mol. The Bertz CT molecular complexity index is 208. The van der Waals surface area contributed by atoms with Gasteiger partial charge in [0.05, 0.1) is 0 Å². The van der Waals surface area contributed by atoms with E-state index in [9.17, 15) is 18.0 Å². The Morgan fingerprint density at radius 2 is 1.87 bits per heavy atom. The zero-order chi connectivity index (χ0) is 12.3. The lowest BCUT2D eigenvalue weighted by atomic mass is 10.0. The van der Waals surface area contributed by atoms with Gasteiger partial charge in [0.25, 0.3) is 0 Å². The van der Waals surface area contributed by atoms with Crippen molar-refractivity contribution in [1.29, 1.82) is 0 Å². The highest BCUT2D eigenvalue weighted by Crippen LogP contribution is 2.34. The van der Waals surface area contributed by atoms with Crippen molar-refractivity contribution in [2.45, 2.75) is 37.6 Å². The summed E-state index contributed by atoms with van der Waals surface area (Å²) in [6, 6.07) is -2.68. The Morgan fingerprint density at radius 3 is 2.20 bits per heavy atom. The standard InChI is InChI=1S/C7H14F3IO3Si/c1-6(12,7(8,9)10)4-3-5-15(11,13)14-2/h12-13H,3-5H2,1-2H3. The van der Waals surface area contributed by atoms with Crippen LogP contribution in [0.4, 0.5) is 13.2 Å². The number of halogens is 4. The second-order valence-electron chi connectivity index (χ2n) is 3.52. The van der Waals surface area contributed by atoms with Gasteiger partial charge in [-0.15, -0.1) is 0 Å². The van der Waals surface area contributed by atoms with Crippen molar-refractivity contribution in [3.8, 4) is 0 Å². The molecule has 0 heterocycles. The molecule has 0 aliphatic carbocycles. The van der Waals surface area contributed by atoms with Crippen LogP contribution in [0.5, 0.6) is 0 Å². The molecule has 0 amide bonds. The Morgan fingerprint density at radius 1 is 1.40 bits per heavy atom. The van der Waals surface area contributed by atoms with Crippen molar-refractivity contribution < 1.29 is 27.5 Å². The molecule has 0 aromatic heterocycles. The van der Waals surface area contributed by atoms with E-state index in [4.69, 9.17) is 9.53 Å². The summed E-state index contributed by atoms with van der Waals surface area (Å²) < 4.78 is 41.4. The quantitative estimate of drug-likeness (QED) is 0.450. The molecule has 0 fully saturated rings. The predicted octanol–water partition coefficient (Wildman–Crippen LogP) is 2.09.